The van der Waals surface area contributed by atoms with Crippen LogP contribution in [-0.4, -0.2) is 28.2 Å². The topological polar surface area (TPSA) is 73.2 Å². The molecule has 1 aliphatic rings. The fraction of sp³-hybridized carbons (Fsp3) is 0.227. The third kappa shape index (κ3) is 3.81. The highest BCUT2D eigenvalue weighted by Gasteiger charge is 2.28. The van der Waals surface area contributed by atoms with E-state index in [1.165, 1.54) is 0 Å². The molecule has 1 aliphatic heterocycles. The van der Waals surface area contributed by atoms with Gasteiger partial charge < -0.3 is 10.1 Å². The molecule has 0 aliphatic carbocycles. The van der Waals surface area contributed by atoms with Crippen molar-refractivity contribution < 1.29 is 14.3 Å². The van der Waals surface area contributed by atoms with Gasteiger partial charge in [0.05, 0.1) is 11.8 Å². The summed E-state index contributed by atoms with van der Waals surface area (Å²) in [7, 11) is 1.86. The van der Waals surface area contributed by atoms with Gasteiger partial charge in [-0.2, -0.15) is 5.10 Å². The zero-order valence-corrected chi connectivity index (χ0v) is 15.6. The highest BCUT2D eigenvalue weighted by molar-refractivity contribution is 5.97. The number of cyclic esters (lactones) is 1. The lowest BCUT2D eigenvalue weighted by Crippen LogP contribution is -2.27. The molecule has 0 spiro atoms. The molecule has 1 atom stereocenters. The van der Waals surface area contributed by atoms with Crippen LogP contribution in [0.3, 0.4) is 0 Å². The number of rotatable bonds is 5. The van der Waals surface area contributed by atoms with Gasteiger partial charge >= 0.3 is 5.97 Å². The Hall–Kier alpha value is -3.41. The summed E-state index contributed by atoms with van der Waals surface area (Å²) in [6.07, 6.45) is 4.67. The molecular formula is C22H21N3O3. The molecule has 0 radical (unpaired) electrons. The molecular weight excluding hydrogens is 354 g/mol. The van der Waals surface area contributed by atoms with Crippen molar-refractivity contribution in [3.8, 4) is 0 Å². The normalized spacial score (nSPS) is 15.6. The van der Waals surface area contributed by atoms with E-state index in [9.17, 15) is 9.59 Å². The Bertz CT molecular complexity index is 1010. The van der Waals surface area contributed by atoms with E-state index in [4.69, 9.17) is 4.74 Å². The van der Waals surface area contributed by atoms with E-state index in [1.807, 2.05) is 43.6 Å². The van der Waals surface area contributed by atoms with Crippen LogP contribution in [0.25, 0.3) is 0 Å². The summed E-state index contributed by atoms with van der Waals surface area (Å²) in [5.74, 6) is -0.500. The van der Waals surface area contributed by atoms with Crippen molar-refractivity contribution in [2.45, 2.75) is 18.9 Å². The van der Waals surface area contributed by atoms with Crippen LogP contribution < -0.4 is 5.32 Å². The van der Waals surface area contributed by atoms with Crippen molar-refractivity contribution in [2.24, 2.45) is 7.05 Å². The molecule has 2 aromatic carbocycles. The average Bonchev–Trinajstić information content (AvgIpc) is 3.13. The number of aryl methyl sites for hydroxylation is 1. The highest BCUT2D eigenvalue weighted by Crippen LogP contribution is 2.31. The third-order valence-electron chi connectivity index (χ3n) is 4.87. The van der Waals surface area contributed by atoms with Crippen molar-refractivity contribution in [3.05, 3.63) is 88.7 Å². The number of amides is 1. The summed E-state index contributed by atoms with van der Waals surface area (Å²) >= 11 is 0. The smallest absolute Gasteiger partial charge is 0.339 e. The number of nitrogens with zero attached hydrogens (tertiary/aromatic N) is 2. The lowest BCUT2D eigenvalue weighted by Gasteiger charge is -2.25. The Morgan fingerprint density at radius 1 is 1.25 bits per heavy atom. The number of nitrogens with one attached hydrogen (secondary N) is 1. The molecule has 6 heteroatoms. The van der Waals surface area contributed by atoms with Gasteiger partial charge in [0.1, 0.15) is 6.10 Å². The van der Waals surface area contributed by atoms with Gasteiger partial charge in [0, 0.05) is 31.8 Å². The molecule has 0 fully saturated rings. The number of carbonyl (C=O) groups excluding carboxylic acids is 2. The molecule has 1 aromatic heterocycles. The summed E-state index contributed by atoms with van der Waals surface area (Å²) in [6, 6.07) is 14.8. The van der Waals surface area contributed by atoms with Gasteiger partial charge in [0.15, 0.2) is 0 Å². The van der Waals surface area contributed by atoms with Crippen molar-refractivity contribution in [2.75, 3.05) is 6.54 Å². The standard InChI is InChI=1S/C22H21N3O3/c1-25-14-15(13-24-25)9-10-23-21(26)17-7-8-19-18(11-17)12-20(28-22(19)27)16-5-3-2-4-6-16/h2-8,11,13-14,20H,9-10,12H2,1H3,(H,23,26). The van der Waals surface area contributed by atoms with Crippen LogP contribution in [0.4, 0.5) is 0 Å². The molecule has 1 unspecified atom stereocenters. The van der Waals surface area contributed by atoms with E-state index < -0.39 is 0 Å². The molecule has 3 aromatic rings. The quantitative estimate of drug-likeness (QED) is 0.696. The van der Waals surface area contributed by atoms with Gasteiger partial charge in [-0.15, -0.1) is 0 Å². The van der Waals surface area contributed by atoms with Crippen LogP contribution in [0.5, 0.6) is 0 Å². The van der Waals surface area contributed by atoms with Gasteiger partial charge in [-0.25, -0.2) is 4.79 Å². The number of hydrogen-bond donors (Lipinski definition) is 1. The highest BCUT2D eigenvalue weighted by atomic mass is 16.5. The van der Waals surface area contributed by atoms with E-state index >= 15 is 0 Å². The first-order valence-electron chi connectivity index (χ1n) is 9.25. The SMILES string of the molecule is Cn1cc(CCNC(=O)c2ccc3c(c2)CC(c2ccccc2)OC3=O)cn1. The third-order valence-corrected chi connectivity index (χ3v) is 4.87. The number of benzene rings is 2. The molecule has 1 N–H and O–H groups in total. The Balaban J connectivity index is 1.45. The maximum atomic E-state index is 12.5. The van der Waals surface area contributed by atoms with Gasteiger partial charge in [0.2, 0.25) is 0 Å². The minimum absolute atomic E-state index is 0.151. The van der Waals surface area contributed by atoms with Crippen molar-refractivity contribution in [1.82, 2.24) is 15.1 Å². The number of carbonyl (C=O) groups is 2. The second-order valence-corrected chi connectivity index (χ2v) is 6.91. The summed E-state index contributed by atoms with van der Waals surface area (Å²) in [5.41, 5.74) is 3.94. The summed E-state index contributed by atoms with van der Waals surface area (Å²) < 4.78 is 7.31. The zero-order chi connectivity index (χ0) is 19.5. The average molecular weight is 375 g/mol. The molecule has 0 saturated heterocycles. The first-order chi connectivity index (χ1) is 13.6. The summed E-state index contributed by atoms with van der Waals surface area (Å²) in [6.45, 7) is 0.524. The van der Waals surface area contributed by atoms with Gasteiger partial charge in [0.25, 0.3) is 5.91 Å². The van der Waals surface area contributed by atoms with E-state index in [0.717, 1.165) is 16.7 Å². The predicted octanol–water partition coefficient (Wildman–Crippen LogP) is 2.85. The second-order valence-electron chi connectivity index (χ2n) is 6.91. The van der Waals surface area contributed by atoms with Crippen molar-refractivity contribution in [1.29, 1.82) is 0 Å². The molecule has 0 bridgehead atoms. The maximum absolute atomic E-state index is 12.5. The van der Waals surface area contributed by atoms with E-state index in [2.05, 4.69) is 10.4 Å². The summed E-state index contributed by atoms with van der Waals surface area (Å²) in [5, 5.41) is 7.05. The number of ether oxygens (including phenoxy) is 1. The van der Waals surface area contributed by atoms with Crippen molar-refractivity contribution >= 4 is 11.9 Å². The van der Waals surface area contributed by atoms with Crippen LogP contribution in [0.2, 0.25) is 0 Å². The van der Waals surface area contributed by atoms with E-state index in [1.54, 1.807) is 29.1 Å². The lowest BCUT2D eigenvalue weighted by molar-refractivity contribution is 0.0252. The van der Waals surface area contributed by atoms with Gasteiger partial charge in [-0.05, 0) is 41.3 Å². The fourth-order valence-electron chi connectivity index (χ4n) is 3.41. The largest absolute Gasteiger partial charge is 0.454 e. The number of hydrogen-bond acceptors (Lipinski definition) is 4. The minimum Gasteiger partial charge on any atom is -0.454 e. The number of esters is 1. The molecule has 0 saturated carbocycles. The fourth-order valence-corrected chi connectivity index (χ4v) is 3.41. The van der Waals surface area contributed by atoms with Crippen LogP contribution >= 0.6 is 0 Å². The molecule has 4 rings (SSSR count). The number of aromatic nitrogens is 2. The minimum atomic E-state index is -0.348. The van der Waals surface area contributed by atoms with Crippen LogP contribution in [-0.2, 0) is 24.6 Å². The molecule has 2 heterocycles. The predicted molar refractivity (Wildman–Crippen MR) is 104 cm³/mol. The number of fused-ring (bicyclic) bond motifs is 1. The van der Waals surface area contributed by atoms with Gasteiger partial charge in [-0.1, -0.05) is 30.3 Å². The summed E-state index contributed by atoms with van der Waals surface area (Å²) in [4.78, 5) is 24.9. The Morgan fingerprint density at radius 3 is 2.82 bits per heavy atom. The maximum Gasteiger partial charge on any atom is 0.339 e. The first kappa shape index (κ1) is 18.0. The molecule has 6 nitrogen and oxygen atoms in total. The van der Waals surface area contributed by atoms with Crippen LogP contribution in [0, 0.1) is 0 Å². The van der Waals surface area contributed by atoms with Crippen molar-refractivity contribution in [3.63, 3.8) is 0 Å². The van der Waals surface area contributed by atoms with E-state index in [0.29, 0.717) is 30.5 Å². The van der Waals surface area contributed by atoms with Crippen LogP contribution in [0.1, 0.15) is 43.5 Å². The Morgan fingerprint density at radius 2 is 2.07 bits per heavy atom. The molecule has 1 amide bonds. The van der Waals surface area contributed by atoms with Crippen LogP contribution in [0.15, 0.2) is 60.9 Å². The molecule has 28 heavy (non-hydrogen) atoms. The monoisotopic (exact) mass is 375 g/mol. The van der Waals surface area contributed by atoms with Gasteiger partial charge in [-0.3, -0.25) is 9.48 Å². The zero-order valence-electron chi connectivity index (χ0n) is 15.6. The van der Waals surface area contributed by atoms with E-state index in [-0.39, 0.29) is 18.0 Å². The second kappa shape index (κ2) is 7.68. The lowest BCUT2D eigenvalue weighted by atomic mass is 9.93. The Labute approximate surface area is 163 Å². The molecule has 142 valence electrons. The first-order valence-corrected chi connectivity index (χ1v) is 9.25. The Kier molecular flexibility index (Phi) is 4.93.